The van der Waals surface area contributed by atoms with E-state index in [2.05, 4.69) is 0 Å². The number of benzene rings is 1. The number of rotatable bonds is 1. The first-order valence-electron chi connectivity index (χ1n) is 5.57. The van der Waals surface area contributed by atoms with Crippen molar-refractivity contribution in [2.24, 2.45) is 0 Å². The van der Waals surface area contributed by atoms with Crippen LogP contribution in [0.1, 0.15) is 0 Å². The molecule has 0 radical (unpaired) electrons. The second kappa shape index (κ2) is 4.36. The van der Waals surface area contributed by atoms with Crippen molar-refractivity contribution in [1.29, 1.82) is 5.41 Å². The molecule has 0 amide bonds. The van der Waals surface area contributed by atoms with E-state index in [0.717, 1.165) is 0 Å². The molecular formula is C11H10ClFN2O2S2. The van der Waals surface area contributed by atoms with Crippen LogP contribution in [0.2, 0.25) is 5.02 Å². The van der Waals surface area contributed by atoms with Crippen molar-refractivity contribution in [1.82, 2.24) is 0 Å². The molecule has 2 aliphatic heterocycles. The molecule has 2 heterocycles. The number of anilines is 1. The number of nitrogens with one attached hydrogen (secondary N) is 1. The number of sulfone groups is 1. The normalized spacial score (nSPS) is 28.7. The van der Waals surface area contributed by atoms with Gasteiger partial charge in [-0.05, 0) is 18.2 Å². The van der Waals surface area contributed by atoms with Crippen LogP contribution in [0.4, 0.5) is 10.1 Å². The lowest BCUT2D eigenvalue weighted by Crippen LogP contribution is -2.37. The minimum absolute atomic E-state index is 0.0112. The summed E-state index contributed by atoms with van der Waals surface area (Å²) in [6, 6.07) is 3.97. The van der Waals surface area contributed by atoms with E-state index in [4.69, 9.17) is 17.0 Å². The summed E-state index contributed by atoms with van der Waals surface area (Å²) in [6.07, 6.45) is 0. The first kappa shape index (κ1) is 13.2. The van der Waals surface area contributed by atoms with Gasteiger partial charge in [-0.25, -0.2) is 12.8 Å². The van der Waals surface area contributed by atoms with Gasteiger partial charge >= 0.3 is 0 Å². The average Bonchev–Trinajstić information content (AvgIpc) is 2.73. The largest absolute Gasteiger partial charge is 0.316 e. The van der Waals surface area contributed by atoms with Crippen LogP contribution in [0.5, 0.6) is 0 Å². The van der Waals surface area contributed by atoms with Crippen molar-refractivity contribution < 1.29 is 12.8 Å². The van der Waals surface area contributed by atoms with Crippen LogP contribution in [-0.2, 0) is 9.84 Å². The summed E-state index contributed by atoms with van der Waals surface area (Å²) in [5, 5.41) is 8.06. The highest BCUT2D eigenvalue weighted by molar-refractivity contribution is 8.15. The van der Waals surface area contributed by atoms with E-state index < -0.39 is 15.7 Å². The molecule has 2 atom stereocenters. The van der Waals surface area contributed by atoms with E-state index in [0.29, 0.717) is 5.69 Å². The van der Waals surface area contributed by atoms with Gasteiger partial charge in [-0.2, -0.15) is 0 Å². The summed E-state index contributed by atoms with van der Waals surface area (Å²) in [6.45, 7) is 0. The highest BCUT2D eigenvalue weighted by atomic mass is 35.5. The summed E-state index contributed by atoms with van der Waals surface area (Å²) in [7, 11) is -3.07. The zero-order valence-electron chi connectivity index (χ0n) is 9.64. The molecule has 4 nitrogen and oxygen atoms in total. The number of fused-ring (bicyclic) bond motifs is 1. The van der Waals surface area contributed by atoms with Crippen molar-refractivity contribution in [3.63, 3.8) is 0 Å². The summed E-state index contributed by atoms with van der Waals surface area (Å²) in [4.78, 5) is 1.58. The van der Waals surface area contributed by atoms with E-state index in [9.17, 15) is 12.8 Å². The molecule has 0 saturated carbocycles. The second-order valence-electron chi connectivity index (χ2n) is 4.57. The molecule has 1 aromatic carbocycles. The molecule has 0 aromatic heterocycles. The number of halogens is 2. The Hall–Kier alpha value is -0.790. The Morgan fingerprint density at radius 3 is 2.84 bits per heavy atom. The highest BCUT2D eigenvalue weighted by Gasteiger charge is 2.48. The third-order valence-electron chi connectivity index (χ3n) is 3.27. The van der Waals surface area contributed by atoms with Gasteiger partial charge in [-0.15, -0.1) is 0 Å². The number of thioether (sulfide) groups is 1. The standard InChI is InChI=1S/C11H10ClFN2O2S2/c12-7-2-1-6(3-8(7)13)15-9-4-19(16,17)5-10(9)18-11(15)14/h1-3,9-10,14H,4-5H2/t9-,10+/m0/s1. The van der Waals surface area contributed by atoms with Gasteiger partial charge < -0.3 is 4.90 Å². The Morgan fingerprint density at radius 2 is 2.16 bits per heavy atom. The lowest BCUT2D eigenvalue weighted by atomic mass is 10.2. The monoisotopic (exact) mass is 320 g/mol. The fourth-order valence-corrected chi connectivity index (χ4v) is 6.35. The minimum atomic E-state index is -3.07. The van der Waals surface area contributed by atoms with Crippen molar-refractivity contribution >= 4 is 44.1 Å². The van der Waals surface area contributed by atoms with Gasteiger partial charge in [0.25, 0.3) is 0 Å². The summed E-state index contributed by atoms with van der Waals surface area (Å²) in [5.41, 5.74) is 0.476. The van der Waals surface area contributed by atoms with E-state index in [-0.39, 0.29) is 33.0 Å². The minimum Gasteiger partial charge on any atom is -0.316 e. The predicted octanol–water partition coefficient (Wildman–Crippen LogP) is 2.13. The molecule has 0 aliphatic carbocycles. The first-order valence-corrected chi connectivity index (χ1v) is 8.65. The summed E-state index contributed by atoms with van der Waals surface area (Å²) in [5.74, 6) is -0.476. The van der Waals surface area contributed by atoms with E-state index in [1.807, 2.05) is 0 Å². The van der Waals surface area contributed by atoms with Gasteiger partial charge in [-0.1, -0.05) is 23.4 Å². The maximum absolute atomic E-state index is 13.5. The molecule has 102 valence electrons. The zero-order chi connectivity index (χ0) is 13.8. The molecule has 0 unspecified atom stereocenters. The third-order valence-corrected chi connectivity index (χ3v) is 6.70. The molecule has 19 heavy (non-hydrogen) atoms. The SMILES string of the molecule is N=C1S[C@@H]2CS(=O)(=O)C[C@@H]2N1c1ccc(Cl)c(F)c1. The zero-order valence-corrected chi connectivity index (χ0v) is 12.0. The predicted molar refractivity (Wildman–Crippen MR) is 75.4 cm³/mol. The van der Waals surface area contributed by atoms with Crippen LogP contribution in [0, 0.1) is 11.2 Å². The lowest BCUT2D eigenvalue weighted by molar-refractivity contribution is 0.601. The van der Waals surface area contributed by atoms with Gasteiger partial charge in [0, 0.05) is 10.9 Å². The first-order chi connectivity index (χ1) is 8.87. The molecule has 3 rings (SSSR count). The van der Waals surface area contributed by atoms with Crippen molar-refractivity contribution in [3.8, 4) is 0 Å². The molecule has 1 aromatic rings. The Bertz CT molecular complexity index is 665. The Kier molecular flexibility index (Phi) is 3.03. The topological polar surface area (TPSA) is 61.2 Å². The van der Waals surface area contributed by atoms with E-state index in [1.165, 1.54) is 23.9 Å². The summed E-state index contributed by atoms with van der Waals surface area (Å²) >= 11 is 6.86. The molecule has 1 N–H and O–H groups in total. The average molecular weight is 321 g/mol. The fraction of sp³-hybridized carbons (Fsp3) is 0.364. The number of amidine groups is 1. The van der Waals surface area contributed by atoms with Crippen molar-refractivity contribution in [2.45, 2.75) is 11.3 Å². The van der Waals surface area contributed by atoms with Crippen LogP contribution in [0.15, 0.2) is 18.2 Å². The van der Waals surface area contributed by atoms with Crippen LogP contribution in [0.3, 0.4) is 0 Å². The van der Waals surface area contributed by atoms with E-state index >= 15 is 0 Å². The molecular weight excluding hydrogens is 311 g/mol. The van der Waals surface area contributed by atoms with Crippen LogP contribution >= 0.6 is 23.4 Å². The maximum atomic E-state index is 13.5. The van der Waals surface area contributed by atoms with Gasteiger partial charge in [0.1, 0.15) is 5.82 Å². The van der Waals surface area contributed by atoms with Crippen LogP contribution in [-0.4, -0.2) is 36.4 Å². The maximum Gasteiger partial charge on any atom is 0.161 e. The number of nitrogens with zero attached hydrogens (tertiary/aromatic N) is 1. The van der Waals surface area contributed by atoms with Gasteiger partial charge in [0.05, 0.1) is 22.6 Å². The smallest absolute Gasteiger partial charge is 0.161 e. The van der Waals surface area contributed by atoms with Gasteiger partial charge in [0.15, 0.2) is 15.0 Å². The molecule has 2 aliphatic rings. The molecule has 2 fully saturated rings. The second-order valence-corrected chi connectivity index (χ2v) is 8.36. The van der Waals surface area contributed by atoms with Crippen LogP contribution in [0.25, 0.3) is 0 Å². The summed E-state index contributed by atoms with van der Waals surface area (Å²) < 4.78 is 36.8. The van der Waals surface area contributed by atoms with Crippen molar-refractivity contribution in [2.75, 3.05) is 16.4 Å². The number of hydrogen-bond acceptors (Lipinski definition) is 4. The van der Waals surface area contributed by atoms with Gasteiger partial charge in [-0.3, -0.25) is 5.41 Å². The fourth-order valence-electron chi connectivity index (χ4n) is 2.44. The molecule has 8 heteroatoms. The third kappa shape index (κ3) is 2.23. The van der Waals surface area contributed by atoms with Crippen LogP contribution < -0.4 is 4.90 Å². The molecule has 0 spiro atoms. The highest BCUT2D eigenvalue weighted by Crippen LogP contribution is 2.40. The Morgan fingerprint density at radius 1 is 1.42 bits per heavy atom. The molecule has 2 saturated heterocycles. The Labute approximate surface area is 119 Å². The van der Waals surface area contributed by atoms with Gasteiger partial charge in [0.2, 0.25) is 0 Å². The number of hydrogen-bond donors (Lipinski definition) is 1. The van der Waals surface area contributed by atoms with E-state index in [1.54, 1.807) is 11.0 Å². The molecule has 0 bridgehead atoms. The van der Waals surface area contributed by atoms with Crippen molar-refractivity contribution in [3.05, 3.63) is 29.0 Å². The Balaban J connectivity index is 1.99. The quantitative estimate of drug-likeness (QED) is 0.861. The lowest BCUT2D eigenvalue weighted by Gasteiger charge is -2.23.